The number of amides is 1. The molecule has 4 rings (SSSR count). The van der Waals surface area contributed by atoms with E-state index in [0.29, 0.717) is 22.8 Å². The van der Waals surface area contributed by atoms with Gasteiger partial charge in [0, 0.05) is 11.6 Å². The van der Waals surface area contributed by atoms with E-state index in [4.69, 9.17) is 4.74 Å². The fourth-order valence-corrected chi connectivity index (χ4v) is 4.99. The molecule has 3 heterocycles. The maximum atomic E-state index is 13.3. The second kappa shape index (κ2) is 8.43. The lowest BCUT2D eigenvalue weighted by molar-refractivity contribution is 0.0522. The van der Waals surface area contributed by atoms with Crippen molar-refractivity contribution in [3.63, 3.8) is 0 Å². The van der Waals surface area contributed by atoms with E-state index >= 15 is 0 Å². The van der Waals surface area contributed by atoms with Gasteiger partial charge in [0.25, 0.3) is 10.0 Å². The molecule has 0 aliphatic carbocycles. The predicted molar refractivity (Wildman–Crippen MR) is 131 cm³/mol. The topological polar surface area (TPSA) is 99.3 Å². The van der Waals surface area contributed by atoms with Crippen molar-refractivity contribution in [2.75, 3.05) is 5.01 Å². The van der Waals surface area contributed by atoms with Gasteiger partial charge in [0.2, 0.25) is 0 Å². The fourth-order valence-electron chi connectivity index (χ4n) is 3.69. The minimum Gasteiger partial charge on any atom is -0.442 e. The monoisotopic (exact) mass is 483 g/mol. The van der Waals surface area contributed by atoms with Gasteiger partial charge in [-0.25, -0.2) is 36.8 Å². The number of nitrogens with zero attached hydrogens (tertiary/aromatic N) is 5. The number of fused-ring (bicyclic) bond motifs is 3. The average molecular weight is 484 g/mol. The number of aromatic nitrogens is 4. The third-order valence-electron chi connectivity index (χ3n) is 5.57. The molecule has 10 heteroatoms. The van der Waals surface area contributed by atoms with Crippen molar-refractivity contribution in [3.8, 4) is 0 Å². The van der Waals surface area contributed by atoms with Crippen molar-refractivity contribution in [2.24, 2.45) is 0 Å². The van der Waals surface area contributed by atoms with Crippen molar-refractivity contribution < 1.29 is 17.9 Å². The lowest BCUT2D eigenvalue weighted by atomic mass is 10.2. The molecule has 9 nitrogen and oxygen atoms in total. The van der Waals surface area contributed by atoms with E-state index in [9.17, 15) is 13.2 Å². The third kappa shape index (κ3) is 4.13. The zero-order valence-electron chi connectivity index (χ0n) is 20.2. The largest absolute Gasteiger partial charge is 0.442 e. The number of hydrogen-bond donors (Lipinski definition) is 0. The Morgan fingerprint density at radius 1 is 1.15 bits per heavy atom. The number of imidazole rings is 1. The van der Waals surface area contributed by atoms with E-state index in [2.05, 4.69) is 9.97 Å². The van der Waals surface area contributed by atoms with Crippen LogP contribution in [0.4, 0.5) is 4.79 Å². The number of ether oxygens (including phenoxy) is 1. The maximum Gasteiger partial charge on any atom is 0.429 e. The van der Waals surface area contributed by atoms with Gasteiger partial charge in [0.1, 0.15) is 23.0 Å². The highest BCUT2D eigenvalue weighted by molar-refractivity contribution is 7.90. The Hall–Kier alpha value is -3.40. The van der Waals surface area contributed by atoms with E-state index in [0.717, 1.165) is 9.54 Å². The normalized spacial score (nSPS) is 13.4. The molecule has 1 unspecified atom stereocenters. The van der Waals surface area contributed by atoms with Crippen LogP contribution < -0.4 is 5.01 Å². The van der Waals surface area contributed by atoms with Crippen molar-refractivity contribution >= 4 is 38.2 Å². The van der Waals surface area contributed by atoms with E-state index in [1.54, 1.807) is 35.0 Å². The molecular formula is C24H29N5O4S. The Bertz CT molecular complexity index is 1460. The summed E-state index contributed by atoms with van der Waals surface area (Å²) in [6.07, 6.45) is 4.69. The lowest BCUT2D eigenvalue weighted by Crippen LogP contribution is -2.48. The molecule has 4 aromatic rings. The Morgan fingerprint density at radius 2 is 1.82 bits per heavy atom. The van der Waals surface area contributed by atoms with Gasteiger partial charge in [0.15, 0.2) is 5.65 Å². The van der Waals surface area contributed by atoms with Crippen LogP contribution in [0.3, 0.4) is 0 Å². The van der Waals surface area contributed by atoms with Gasteiger partial charge >= 0.3 is 6.09 Å². The molecule has 0 radical (unpaired) electrons. The molecule has 3 aromatic heterocycles. The summed E-state index contributed by atoms with van der Waals surface area (Å²) in [7, 11) is -3.87. The van der Waals surface area contributed by atoms with E-state index in [1.807, 2.05) is 41.5 Å². The standard InChI is InChI=1S/C24H29N5O4S/c1-7-17(3)29(23(30)33-24(4,5)6)27-15-26-20-14-25-22-19(21(20)27)12-13-28(22)34(31,32)18-10-8-16(2)9-11-18/h8-15,17H,7H2,1-6H3. The molecule has 0 N–H and O–H groups in total. The van der Waals surface area contributed by atoms with Gasteiger partial charge in [0.05, 0.1) is 17.1 Å². The predicted octanol–water partition coefficient (Wildman–Crippen LogP) is 4.60. The molecule has 1 amide bonds. The number of pyridine rings is 1. The minimum atomic E-state index is -3.87. The van der Waals surface area contributed by atoms with Gasteiger partial charge in [-0.2, -0.15) is 0 Å². The summed E-state index contributed by atoms with van der Waals surface area (Å²) in [6.45, 7) is 11.2. The van der Waals surface area contributed by atoms with Crippen molar-refractivity contribution in [2.45, 2.75) is 64.5 Å². The van der Waals surface area contributed by atoms with Crippen LogP contribution in [0.1, 0.15) is 46.6 Å². The number of carbonyl (C=O) groups excluding carboxylic acids is 1. The van der Waals surface area contributed by atoms with Gasteiger partial charge in [-0.05, 0) is 59.2 Å². The van der Waals surface area contributed by atoms with Gasteiger partial charge in [-0.15, -0.1) is 0 Å². The van der Waals surface area contributed by atoms with Crippen molar-refractivity contribution in [1.29, 1.82) is 0 Å². The first-order valence-corrected chi connectivity index (χ1v) is 12.6. The first-order chi connectivity index (χ1) is 15.9. The molecule has 0 aliphatic rings. The summed E-state index contributed by atoms with van der Waals surface area (Å²) in [5.41, 5.74) is 1.65. The molecule has 0 fully saturated rings. The molecule has 0 spiro atoms. The zero-order valence-corrected chi connectivity index (χ0v) is 21.0. The lowest BCUT2D eigenvalue weighted by Gasteiger charge is -2.32. The minimum absolute atomic E-state index is 0.168. The van der Waals surface area contributed by atoms with Crippen LogP contribution in [0.25, 0.3) is 22.1 Å². The Kier molecular flexibility index (Phi) is 5.89. The van der Waals surface area contributed by atoms with E-state index in [1.165, 1.54) is 23.7 Å². The second-order valence-corrected chi connectivity index (χ2v) is 11.1. The summed E-state index contributed by atoms with van der Waals surface area (Å²) in [5.74, 6) is 0. The van der Waals surface area contributed by atoms with Crippen molar-refractivity contribution in [1.82, 2.24) is 18.6 Å². The molecule has 0 aliphatic heterocycles. The summed E-state index contributed by atoms with van der Waals surface area (Å²) >= 11 is 0. The molecule has 0 saturated heterocycles. The zero-order chi connectivity index (χ0) is 24.8. The molecule has 0 bridgehead atoms. The number of aryl methyl sites for hydroxylation is 1. The molecule has 1 atom stereocenters. The van der Waals surface area contributed by atoms with Crippen LogP contribution in [0.5, 0.6) is 0 Å². The summed E-state index contributed by atoms with van der Waals surface area (Å²) < 4.78 is 35.1. The fraction of sp³-hybridized carbons (Fsp3) is 0.375. The maximum absolute atomic E-state index is 13.3. The van der Waals surface area contributed by atoms with Crippen LogP contribution in [0.2, 0.25) is 0 Å². The quantitative estimate of drug-likeness (QED) is 0.411. The number of hydrogen-bond acceptors (Lipinski definition) is 6. The van der Waals surface area contributed by atoms with Gasteiger partial charge in [-0.1, -0.05) is 24.6 Å². The Labute approximate surface area is 199 Å². The Balaban J connectivity index is 1.90. The number of rotatable bonds is 5. The smallest absolute Gasteiger partial charge is 0.429 e. The van der Waals surface area contributed by atoms with Crippen LogP contribution in [0.15, 0.2) is 53.9 Å². The molecule has 0 saturated carbocycles. The number of benzene rings is 1. The molecular weight excluding hydrogens is 454 g/mol. The highest BCUT2D eigenvalue weighted by Crippen LogP contribution is 2.28. The SMILES string of the molecule is CCC(C)N(C(=O)OC(C)(C)C)n1cnc2cnc3c(ccn3S(=O)(=O)c3ccc(C)cc3)c21. The van der Waals surface area contributed by atoms with E-state index in [-0.39, 0.29) is 16.6 Å². The highest BCUT2D eigenvalue weighted by Gasteiger charge is 2.29. The number of carbonyl (C=O) groups is 1. The van der Waals surface area contributed by atoms with Crippen LogP contribution in [-0.4, -0.2) is 44.8 Å². The van der Waals surface area contributed by atoms with Crippen LogP contribution in [-0.2, 0) is 14.8 Å². The van der Waals surface area contributed by atoms with Crippen LogP contribution in [0, 0.1) is 6.92 Å². The third-order valence-corrected chi connectivity index (χ3v) is 7.25. The van der Waals surface area contributed by atoms with Gasteiger partial charge < -0.3 is 4.74 Å². The molecule has 1 aromatic carbocycles. The van der Waals surface area contributed by atoms with Crippen molar-refractivity contribution in [3.05, 3.63) is 54.6 Å². The Morgan fingerprint density at radius 3 is 2.44 bits per heavy atom. The van der Waals surface area contributed by atoms with Crippen LogP contribution >= 0.6 is 0 Å². The first kappa shape index (κ1) is 23.7. The first-order valence-electron chi connectivity index (χ1n) is 11.1. The second-order valence-electron chi connectivity index (χ2n) is 9.33. The molecule has 34 heavy (non-hydrogen) atoms. The summed E-state index contributed by atoms with van der Waals surface area (Å²) in [5, 5.41) is 2.06. The highest BCUT2D eigenvalue weighted by atomic mass is 32.2. The summed E-state index contributed by atoms with van der Waals surface area (Å²) in [6, 6.07) is 8.14. The average Bonchev–Trinajstić information content (AvgIpc) is 3.37. The van der Waals surface area contributed by atoms with E-state index < -0.39 is 21.7 Å². The molecule has 180 valence electrons. The summed E-state index contributed by atoms with van der Waals surface area (Å²) in [4.78, 5) is 22.1. The van der Waals surface area contributed by atoms with Gasteiger partial charge in [-0.3, -0.25) is 0 Å².